The van der Waals surface area contributed by atoms with E-state index in [1.807, 2.05) is 36.4 Å². The highest BCUT2D eigenvalue weighted by Crippen LogP contribution is 2.28. The molecule has 4 rings (SSSR count). The van der Waals surface area contributed by atoms with Gasteiger partial charge < -0.3 is 10.2 Å². The van der Waals surface area contributed by atoms with Gasteiger partial charge in [-0.25, -0.2) is 0 Å². The fourth-order valence-electron chi connectivity index (χ4n) is 5.09. The Morgan fingerprint density at radius 3 is 2.28 bits per heavy atom. The number of halogens is 2. The molecule has 1 aliphatic carbocycles. The Morgan fingerprint density at radius 2 is 1.59 bits per heavy atom. The standard InChI is InChI=1S/C32H36Cl2N2O2S/c1-23-10-8-13-25(18-23)21-39-22-31(37)36(20-27-28(33)16-9-17-29(27)34)30(19-24-11-4-2-5-12-24)32(38)35-26-14-6-3-7-15-26/h2,4-5,8-13,16-18,26,30H,3,6-7,14-15,19-22H2,1H3,(H,35,38). The van der Waals surface area contributed by atoms with Crippen molar-refractivity contribution in [2.45, 2.75) is 69.8 Å². The van der Waals surface area contributed by atoms with E-state index in [-0.39, 0.29) is 30.2 Å². The van der Waals surface area contributed by atoms with Gasteiger partial charge in [0.25, 0.3) is 0 Å². The van der Waals surface area contributed by atoms with Gasteiger partial charge in [-0.1, -0.05) is 109 Å². The molecule has 0 radical (unpaired) electrons. The van der Waals surface area contributed by atoms with Crippen LogP contribution < -0.4 is 5.32 Å². The molecule has 7 heteroatoms. The van der Waals surface area contributed by atoms with Gasteiger partial charge >= 0.3 is 0 Å². The minimum atomic E-state index is -0.686. The monoisotopic (exact) mass is 582 g/mol. The normalized spacial score (nSPS) is 14.5. The number of aryl methyl sites for hydroxylation is 1. The molecule has 1 saturated carbocycles. The minimum absolute atomic E-state index is 0.108. The molecule has 2 amide bonds. The number of carbonyl (C=O) groups is 2. The lowest BCUT2D eigenvalue weighted by Gasteiger charge is -2.34. The second-order valence-electron chi connectivity index (χ2n) is 10.3. The summed E-state index contributed by atoms with van der Waals surface area (Å²) < 4.78 is 0. The van der Waals surface area contributed by atoms with Crippen LogP contribution in [-0.2, 0) is 28.3 Å². The van der Waals surface area contributed by atoms with Crippen LogP contribution in [0, 0.1) is 6.92 Å². The molecule has 0 saturated heterocycles. The van der Waals surface area contributed by atoms with E-state index in [1.165, 1.54) is 17.5 Å². The molecule has 1 atom stereocenters. The topological polar surface area (TPSA) is 49.4 Å². The molecule has 3 aromatic rings. The molecule has 39 heavy (non-hydrogen) atoms. The number of nitrogens with one attached hydrogen (secondary N) is 1. The van der Waals surface area contributed by atoms with E-state index in [0.29, 0.717) is 27.8 Å². The first-order valence-corrected chi connectivity index (χ1v) is 15.5. The van der Waals surface area contributed by atoms with Crippen LogP contribution in [-0.4, -0.2) is 34.6 Å². The zero-order valence-corrected chi connectivity index (χ0v) is 24.7. The molecule has 1 N–H and O–H groups in total. The van der Waals surface area contributed by atoms with Crippen molar-refractivity contribution >= 4 is 46.8 Å². The third kappa shape index (κ3) is 8.76. The van der Waals surface area contributed by atoms with Crippen molar-refractivity contribution in [2.24, 2.45) is 0 Å². The highest BCUT2D eigenvalue weighted by atomic mass is 35.5. The molecule has 0 aliphatic heterocycles. The van der Waals surface area contributed by atoms with Gasteiger partial charge in [0, 0.05) is 40.4 Å². The molecule has 0 aromatic heterocycles. The highest BCUT2D eigenvalue weighted by molar-refractivity contribution is 7.99. The average molecular weight is 584 g/mol. The van der Waals surface area contributed by atoms with Crippen LogP contribution in [0.4, 0.5) is 0 Å². The fraction of sp³-hybridized carbons (Fsp3) is 0.375. The molecule has 0 spiro atoms. The van der Waals surface area contributed by atoms with Crippen molar-refractivity contribution in [3.63, 3.8) is 0 Å². The van der Waals surface area contributed by atoms with Gasteiger partial charge in [0.05, 0.1) is 5.75 Å². The summed E-state index contributed by atoms with van der Waals surface area (Å²) in [6.07, 6.45) is 5.79. The lowest BCUT2D eigenvalue weighted by molar-refractivity contribution is -0.139. The number of hydrogen-bond acceptors (Lipinski definition) is 3. The first-order valence-electron chi connectivity index (χ1n) is 13.6. The van der Waals surface area contributed by atoms with Crippen LogP contribution in [0.2, 0.25) is 10.0 Å². The lowest BCUT2D eigenvalue weighted by Crippen LogP contribution is -2.53. The van der Waals surface area contributed by atoms with Gasteiger partial charge in [0.2, 0.25) is 11.8 Å². The molecule has 1 fully saturated rings. The Kier molecular flexibility index (Phi) is 11.2. The summed E-state index contributed by atoms with van der Waals surface area (Å²) in [4.78, 5) is 29.5. The number of carbonyl (C=O) groups excluding carboxylic acids is 2. The van der Waals surface area contributed by atoms with Crippen LogP contribution in [0.15, 0.2) is 72.8 Å². The minimum Gasteiger partial charge on any atom is -0.352 e. The Labute approximate surface area is 246 Å². The quantitative estimate of drug-likeness (QED) is 0.253. The third-order valence-corrected chi connectivity index (χ3v) is 8.89. The van der Waals surface area contributed by atoms with E-state index in [4.69, 9.17) is 23.2 Å². The molecule has 206 valence electrons. The summed E-state index contributed by atoms with van der Waals surface area (Å²) in [7, 11) is 0. The smallest absolute Gasteiger partial charge is 0.243 e. The maximum Gasteiger partial charge on any atom is 0.243 e. The molecular formula is C32H36Cl2N2O2S. The van der Waals surface area contributed by atoms with Gasteiger partial charge in [-0.05, 0) is 43.0 Å². The summed E-state index contributed by atoms with van der Waals surface area (Å²) in [5.41, 5.74) is 4.01. The second-order valence-corrected chi connectivity index (χ2v) is 12.1. The number of nitrogens with zero attached hydrogens (tertiary/aromatic N) is 1. The second kappa shape index (κ2) is 14.8. The summed E-state index contributed by atoms with van der Waals surface area (Å²) in [6, 6.07) is 22.9. The van der Waals surface area contributed by atoms with Crippen LogP contribution in [0.25, 0.3) is 0 Å². The Hall–Kier alpha value is -2.47. The predicted octanol–water partition coefficient (Wildman–Crippen LogP) is 7.62. The van der Waals surface area contributed by atoms with E-state index >= 15 is 0 Å². The molecule has 0 heterocycles. The number of amides is 2. The largest absolute Gasteiger partial charge is 0.352 e. The number of thioether (sulfide) groups is 1. The Balaban J connectivity index is 1.60. The van der Waals surface area contributed by atoms with E-state index in [9.17, 15) is 9.59 Å². The third-order valence-electron chi connectivity index (χ3n) is 7.19. The highest BCUT2D eigenvalue weighted by Gasteiger charge is 2.32. The number of rotatable bonds is 11. The van der Waals surface area contributed by atoms with E-state index in [0.717, 1.165) is 31.2 Å². The fourth-order valence-corrected chi connectivity index (χ4v) is 6.47. The van der Waals surface area contributed by atoms with Crippen LogP contribution in [0.3, 0.4) is 0 Å². The molecular weight excluding hydrogens is 547 g/mol. The van der Waals surface area contributed by atoms with Crippen molar-refractivity contribution in [3.05, 3.63) is 105 Å². The van der Waals surface area contributed by atoms with Gasteiger partial charge in [0.15, 0.2) is 0 Å². The van der Waals surface area contributed by atoms with Crippen molar-refractivity contribution < 1.29 is 9.59 Å². The lowest BCUT2D eigenvalue weighted by atomic mass is 9.94. The molecule has 1 unspecified atom stereocenters. The first kappa shape index (κ1) is 29.5. The molecule has 4 nitrogen and oxygen atoms in total. The van der Waals surface area contributed by atoms with Crippen LogP contribution in [0.5, 0.6) is 0 Å². The summed E-state index contributed by atoms with van der Waals surface area (Å²) >= 11 is 14.7. The number of hydrogen-bond donors (Lipinski definition) is 1. The summed E-state index contributed by atoms with van der Waals surface area (Å²) in [5, 5.41) is 4.24. The SMILES string of the molecule is Cc1cccc(CSCC(=O)N(Cc2c(Cl)cccc2Cl)C(Cc2ccccc2)C(=O)NC2CCCCC2)c1. The van der Waals surface area contributed by atoms with Crippen LogP contribution >= 0.6 is 35.0 Å². The Bertz CT molecular complexity index is 1230. The van der Waals surface area contributed by atoms with Gasteiger partial charge in [-0.15, -0.1) is 11.8 Å². The van der Waals surface area contributed by atoms with E-state index in [2.05, 4.69) is 30.4 Å². The van der Waals surface area contributed by atoms with Crippen molar-refractivity contribution in [1.29, 1.82) is 0 Å². The van der Waals surface area contributed by atoms with E-state index < -0.39 is 6.04 Å². The van der Waals surface area contributed by atoms with Gasteiger partial charge in [-0.2, -0.15) is 0 Å². The number of benzene rings is 3. The maximum atomic E-state index is 13.9. The zero-order chi connectivity index (χ0) is 27.6. The van der Waals surface area contributed by atoms with Crippen molar-refractivity contribution in [2.75, 3.05) is 5.75 Å². The molecule has 1 aliphatic rings. The Morgan fingerprint density at radius 1 is 0.923 bits per heavy atom. The summed E-state index contributed by atoms with van der Waals surface area (Å²) in [6.45, 7) is 2.23. The zero-order valence-electron chi connectivity index (χ0n) is 22.4. The summed E-state index contributed by atoms with van der Waals surface area (Å²) in [5.74, 6) is 0.735. The molecule has 0 bridgehead atoms. The molecule has 3 aromatic carbocycles. The predicted molar refractivity (Wildman–Crippen MR) is 163 cm³/mol. The maximum absolute atomic E-state index is 13.9. The van der Waals surface area contributed by atoms with Crippen LogP contribution in [0.1, 0.15) is 54.4 Å². The van der Waals surface area contributed by atoms with E-state index in [1.54, 1.807) is 34.9 Å². The first-order chi connectivity index (χ1) is 18.9. The van der Waals surface area contributed by atoms with Gasteiger partial charge in [-0.3, -0.25) is 9.59 Å². The van der Waals surface area contributed by atoms with Crippen molar-refractivity contribution in [1.82, 2.24) is 10.2 Å². The average Bonchev–Trinajstić information content (AvgIpc) is 2.93. The van der Waals surface area contributed by atoms with Gasteiger partial charge in [0.1, 0.15) is 6.04 Å². The van der Waals surface area contributed by atoms with Crippen molar-refractivity contribution in [3.8, 4) is 0 Å².